The summed E-state index contributed by atoms with van der Waals surface area (Å²) >= 11 is 7.93. The number of anilines is 1. The number of aromatic nitrogens is 3. The Bertz CT molecular complexity index is 2250. The van der Waals surface area contributed by atoms with Crippen LogP contribution in [0, 0.1) is 26.7 Å². The Kier molecular flexibility index (Phi) is 11.1. The number of aliphatic hydroxyl groups excluding tert-OH is 1. The lowest BCUT2D eigenvalue weighted by molar-refractivity contribution is -0.124. The van der Waals surface area contributed by atoms with Gasteiger partial charge in [0.05, 0.1) is 24.8 Å². The molecule has 11 nitrogen and oxygen atoms in total. The summed E-state index contributed by atoms with van der Waals surface area (Å²) in [5, 5.41) is 26.5. The number of rotatable bonds is 10. The minimum atomic E-state index is -0.549. The molecule has 3 atom stereocenters. The molecule has 13 heteroatoms. The highest BCUT2D eigenvalue weighted by molar-refractivity contribution is 7.15. The van der Waals surface area contributed by atoms with E-state index in [9.17, 15) is 14.7 Å². The highest BCUT2D eigenvalue weighted by Gasteiger charge is 2.34. The van der Waals surface area contributed by atoms with Gasteiger partial charge in [-0.3, -0.25) is 19.1 Å². The number of carbonyl (C=O) groups excluding carboxylic acids is 2. The summed E-state index contributed by atoms with van der Waals surface area (Å²) < 4.78 is 8.26. The van der Waals surface area contributed by atoms with Crippen molar-refractivity contribution >= 4 is 46.2 Å². The molecule has 5 aromatic rings. The standard InChI is InChI=1S/C42H46ClN7O4S/c1-23(2)39-41(53)45-32(21-51)17-30-13-16-33(18-35(30)49(39)6)54-22-28-9-7-27(8-10-28)20-44-36(52)19-34-40-48-47-26(5)50(40)42-37(24(3)25(4)55-42)38(46-34)29-11-14-31(43)15-12-29/h7-16,18,23,32,34,39,51H,17,19-22H2,1-6H3,(H,44,52)(H,45,53)/t32-,34-,39-/m0/s1. The lowest BCUT2D eigenvalue weighted by Crippen LogP contribution is -2.54. The summed E-state index contributed by atoms with van der Waals surface area (Å²) in [7, 11) is 1.93. The second-order valence-electron chi connectivity index (χ2n) is 14.7. The summed E-state index contributed by atoms with van der Waals surface area (Å²) in [5.74, 6) is 1.91. The molecule has 7 rings (SSSR count). The van der Waals surface area contributed by atoms with Gasteiger partial charge >= 0.3 is 0 Å². The molecule has 0 aliphatic carbocycles. The molecule has 55 heavy (non-hydrogen) atoms. The molecular weight excluding hydrogens is 734 g/mol. The Morgan fingerprint density at radius 3 is 2.49 bits per heavy atom. The van der Waals surface area contributed by atoms with Crippen LogP contribution in [-0.4, -0.2) is 63.1 Å². The fourth-order valence-corrected chi connectivity index (χ4v) is 8.76. The number of hydrogen-bond donors (Lipinski definition) is 3. The van der Waals surface area contributed by atoms with Gasteiger partial charge in [-0.15, -0.1) is 21.5 Å². The average Bonchev–Trinajstić information content (AvgIpc) is 3.64. The SMILES string of the molecule is Cc1sc2c(c1C)C(c1ccc(Cl)cc1)=N[C@@H](CC(=O)NCc1ccc(COc3ccc4c(c3)N(C)[C@@H](C(C)C)C(=O)N[C@H](CO)C4)cc1)c1nnc(C)n1-2. The van der Waals surface area contributed by atoms with Crippen molar-refractivity contribution in [3.05, 3.63) is 122 Å². The summed E-state index contributed by atoms with van der Waals surface area (Å²) in [6.07, 6.45) is 0.632. The van der Waals surface area contributed by atoms with Gasteiger partial charge in [0.1, 0.15) is 35.3 Å². The largest absolute Gasteiger partial charge is 0.489 e. The monoisotopic (exact) mass is 779 g/mol. The molecule has 0 saturated carbocycles. The van der Waals surface area contributed by atoms with Crippen LogP contribution in [0.1, 0.15) is 76.2 Å². The first kappa shape index (κ1) is 38.2. The number of amides is 2. The van der Waals surface area contributed by atoms with Crippen LogP contribution >= 0.6 is 22.9 Å². The number of benzene rings is 3. The third-order valence-corrected chi connectivity index (χ3v) is 11.9. The first-order valence-corrected chi connectivity index (χ1v) is 19.7. The Hall–Kier alpha value is -5.04. The van der Waals surface area contributed by atoms with Crippen LogP contribution in [0.3, 0.4) is 0 Å². The zero-order valence-corrected chi connectivity index (χ0v) is 33.5. The van der Waals surface area contributed by atoms with E-state index >= 15 is 0 Å². The van der Waals surface area contributed by atoms with Crippen LogP contribution < -0.4 is 20.3 Å². The molecule has 0 spiro atoms. The third kappa shape index (κ3) is 7.89. The number of aryl methyl sites for hydroxylation is 2. The number of nitrogens with one attached hydrogen (secondary N) is 2. The number of aliphatic hydroxyl groups is 1. The summed E-state index contributed by atoms with van der Waals surface area (Å²) in [4.78, 5) is 35.0. The second kappa shape index (κ2) is 16.0. The minimum Gasteiger partial charge on any atom is -0.489 e. The zero-order chi connectivity index (χ0) is 39.0. The van der Waals surface area contributed by atoms with Gasteiger partial charge in [0, 0.05) is 46.4 Å². The van der Waals surface area contributed by atoms with Crippen LogP contribution in [0.5, 0.6) is 5.75 Å². The average molecular weight is 780 g/mol. The van der Waals surface area contributed by atoms with Gasteiger partial charge in [-0.1, -0.05) is 67.9 Å². The van der Waals surface area contributed by atoms with Crippen molar-refractivity contribution in [3.63, 3.8) is 0 Å². The fourth-order valence-electron chi connectivity index (χ4n) is 7.42. The molecule has 0 unspecified atom stereocenters. The number of carbonyl (C=O) groups is 2. The second-order valence-corrected chi connectivity index (χ2v) is 16.3. The number of aliphatic imine (C=N–C) groups is 1. The van der Waals surface area contributed by atoms with Crippen molar-refractivity contribution < 1.29 is 19.4 Å². The van der Waals surface area contributed by atoms with Gasteiger partial charge in [0.25, 0.3) is 0 Å². The predicted octanol–water partition coefficient (Wildman–Crippen LogP) is 6.58. The summed E-state index contributed by atoms with van der Waals surface area (Å²) in [6, 6.07) is 20.3. The van der Waals surface area contributed by atoms with Crippen molar-refractivity contribution in [1.82, 2.24) is 25.4 Å². The highest BCUT2D eigenvalue weighted by Crippen LogP contribution is 2.40. The van der Waals surface area contributed by atoms with Crippen LogP contribution in [0.2, 0.25) is 5.02 Å². The van der Waals surface area contributed by atoms with E-state index in [-0.39, 0.29) is 42.8 Å². The topological polar surface area (TPSA) is 134 Å². The lowest BCUT2D eigenvalue weighted by atomic mass is 9.95. The first-order valence-electron chi connectivity index (χ1n) is 18.5. The number of nitrogens with zero attached hydrogens (tertiary/aromatic N) is 5. The summed E-state index contributed by atoms with van der Waals surface area (Å²) in [6.45, 7) is 10.8. The number of likely N-dealkylation sites (N-methyl/N-ethyl adjacent to an activating group) is 1. The van der Waals surface area contributed by atoms with Gasteiger partial charge < -0.3 is 25.4 Å². The van der Waals surface area contributed by atoms with Gasteiger partial charge in [0.2, 0.25) is 11.8 Å². The molecule has 2 aliphatic heterocycles. The molecule has 3 aromatic carbocycles. The van der Waals surface area contributed by atoms with E-state index in [1.54, 1.807) is 11.3 Å². The maximum Gasteiger partial charge on any atom is 0.243 e. The van der Waals surface area contributed by atoms with E-state index in [1.165, 1.54) is 4.88 Å². The maximum absolute atomic E-state index is 13.5. The molecule has 0 fully saturated rings. The Morgan fingerprint density at radius 2 is 1.78 bits per heavy atom. The number of fused-ring (bicyclic) bond motifs is 4. The fraction of sp³-hybridized carbons (Fsp3) is 0.357. The highest BCUT2D eigenvalue weighted by atomic mass is 35.5. The molecule has 2 amide bonds. The number of halogens is 1. The normalized spacial score (nSPS) is 18.0. The Morgan fingerprint density at radius 1 is 1.05 bits per heavy atom. The minimum absolute atomic E-state index is 0.0656. The number of ether oxygens (including phenoxy) is 1. The van der Waals surface area contributed by atoms with E-state index in [0.29, 0.717) is 36.2 Å². The number of thiophene rings is 1. The molecule has 0 bridgehead atoms. The van der Waals surface area contributed by atoms with E-state index in [1.807, 2.05) is 104 Å². The van der Waals surface area contributed by atoms with Crippen LogP contribution in [0.15, 0.2) is 71.7 Å². The van der Waals surface area contributed by atoms with Gasteiger partial charge in [-0.2, -0.15) is 0 Å². The summed E-state index contributed by atoms with van der Waals surface area (Å²) in [5.41, 5.74) is 7.79. The molecule has 286 valence electrons. The Balaban J connectivity index is 1.02. The molecule has 2 aliphatic rings. The molecule has 0 saturated heterocycles. The maximum atomic E-state index is 13.5. The molecule has 4 heterocycles. The van der Waals surface area contributed by atoms with Gasteiger partial charge in [-0.05, 0) is 73.6 Å². The van der Waals surface area contributed by atoms with Crippen molar-refractivity contribution in [2.45, 2.75) is 78.7 Å². The molecular formula is C42H46ClN7O4S. The van der Waals surface area contributed by atoms with Crippen molar-refractivity contribution in [3.8, 4) is 10.8 Å². The molecule has 2 aromatic heterocycles. The first-order chi connectivity index (χ1) is 26.4. The van der Waals surface area contributed by atoms with Crippen LogP contribution in [0.25, 0.3) is 5.00 Å². The smallest absolute Gasteiger partial charge is 0.243 e. The van der Waals surface area contributed by atoms with Gasteiger partial charge in [-0.25, -0.2) is 0 Å². The lowest BCUT2D eigenvalue weighted by Gasteiger charge is -2.37. The van der Waals surface area contributed by atoms with E-state index in [4.69, 9.17) is 21.3 Å². The van der Waals surface area contributed by atoms with Crippen molar-refractivity contribution in [2.75, 3.05) is 18.6 Å². The zero-order valence-electron chi connectivity index (χ0n) is 31.9. The van der Waals surface area contributed by atoms with Crippen molar-refractivity contribution in [2.24, 2.45) is 10.9 Å². The Labute approximate surface area is 330 Å². The molecule has 0 radical (unpaired) electrons. The van der Waals surface area contributed by atoms with Gasteiger partial charge in [0.15, 0.2) is 5.82 Å². The van der Waals surface area contributed by atoms with E-state index in [2.05, 4.69) is 34.7 Å². The van der Waals surface area contributed by atoms with Crippen LogP contribution in [-0.2, 0) is 29.2 Å². The molecule has 3 N–H and O–H groups in total. The van der Waals surface area contributed by atoms with Crippen LogP contribution in [0.4, 0.5) is 5.69 Å². The number of hydrogen-bond acceptors (Lipinski definition) is 9. The predicted molar refractivity (Wildman–Crippen MR) is 217 cm³/mol. The quantitative estimate of drug-likeness (QED) is 0.146. The van der Waals surface area contributed by atoms with Crippen molar-refractivity contribution in [1.29, 1.82) is 0 Å². The van der Waals surface area contributed by atoms with E-state index < -0.39 is 6.04 Å². The van der Waals surface area contributed by atoms with E-state index in [0.717, 1.165) is 55.6 Å². The third-order valence-electron chi connectivity index (χ3n) is 10.4.